The lowest BCUT2D eigenvalue weighted by Gasteiger charge is -2.22. The summed E-state index contributed by atoms with van der Waals surface area (Å²) in [7, 11) is 1.43. The van der Waals surface area contributed by atoms with Gasteiger partial charge in [0, 0.05) is 25.4 Å². The third kappa shape index (κ3) is 4.09. The first-order chi connectivity index (χ1) is 10.4. The van der Waals surface area contributed by atoms with Crippen molar-refractivity contribution >= 4 is 17.5 Å². The summed E-state index contributed by atoms with van der Waals surface area (Å²) >= 11 is 0. The molecule has 3 N–H and O–H groups in total. The molecule has 0 saturated carbocycles. The van der Waals surface area contributed by atoms with E-state index in [1.54, 1.807) is 18.2 Å². The molecule has 1 unspecified atom stereocenters. The lowest BCUT2D eigenvalue weighted by atomic mass is 10.1. The molecule has 22 heavy (non-hydrogen) atoms. The molecule has 2 amide bonds. The first kappa shape index (κ1) is 16.1. The molecule has 0 saturated heterocycles. The summed E-state index contributed by atoms with van der Waals surface area (Å²) < 4.78 is 15.1. The smallest absolute Gasteiger partial charge is 0.313 e. The third-order valence-corrected chi connectivity index (χ3v) is 2.92. The number of nitrogens with one attached hydrogen (secondary N) is 2. The van der Waals surface area contributed by atoms with Crippen molar-refractivity contribution in [2.24, 2.45) is 0 Å². The molecular weight excluding hydrogens is 292 g/mol. The van der Waals surface area contributed by atoms with Crippen molar-refractivity contribution in [1.82, 2.24) is 5.32 Å². The number of amides is 2. The van der Waals surface area contributed by atoms with Gasteiger partial charge in [0.25, 0.3) is 0 Å². The Hall–Kier alpha value is -2.32. The number of ether oxygens (including phenoxy) is 3. The zero-order valence-electron chi connectivity index (χ0n) is 12.3. The van der Waals surface area contributed by atoms with Crippen LogP contribution in [-0.2, 0) is 14.3 Å². The number of benzene rings is 1. The van der Waals surface area contributed by atoms with Crippen LogP contribution in [-0.4, -0.2) is 49.6 Å². The van der Waals surface area contributed by atoms with Gasteiger partial charge in [0.2, 0.25) is 6.79 Å². The van der Waals surface area contributed by atoms with E-state index in [0.717, 1.165) is 0 Å². The van der Waals surface area contributed by atoms with E-state index in [1.807, 2.05) is 0 Å². The SMILES string of the molecule is COCC(C)(O)CNC(=O)C(=O)Nc1ccc2c(c1)OCO2. The molecule has 0 spiro atoms. The number of carbonyl (C=O) groups is 2. The molecule has 1 aromatic carbocycles. The number of methoxy groups -OCH3 is 1. The number of hydrogen-bond acceptors (Lipinski definition) is 6. The average Bonchev–Trinajstić information content (AvgIpc) is 2.92. The third-order valence-electron chi connectivity index (χ3n) is 2.92. The van der Waals surface area contributed by atoms with Crippen LogP contribution in [0.2, 0.25) is 0 Å². The lowest BCUT2D eigenvalue weighted by Crippen LogP contribution is -2.46. The van der Waals surface area contributed by atoms with Crippen LogP contribution in [0.3, 0.4) is 0 Å². The molecule has 0 radical (unpaired) electrons. The minimum atomic E-state index is -1.25. The molecule has 1 heterocycles. The Bertz CT molecular complexity index is 572. The van der Waals surface area contributed by atoms with E-state index >= 15 is 0 Å². The molecule has 0 fully saturated rings. The van der Waals surface area contributed by atoms with Gasteiger partial charge >= 0.3 is 11.8 Å². The summed E-state index contributed by atoms with van der Waals surface area (Å²) in [6.45, 7) is 1.56. The molecule has 8 heteroatoms. The van der Waals surface area contributed by atoms with Crippen LogP contribution >= 0.6 is 0 Å². The first-order valence-corrected chi connectivity index (χ1v) is 6.61. The fourth-order valence-corrected chi connectivity index (χ4v) is 1.88. The van der Waals surface area contributed by atoms with Gasteiger partial charge < -0.3 is 30.0 Å². The molecule has 0 aromatic heterocycles. The van der Waals surface area contributed by atoms with E-state index in [4.69, 9.17) is 14.2 Å². The minimum absolute atomic E-state index is 0.0388. The zero-order chi connectivity index (χ0) is 16.2. The molecule has 1 atom stereocenters. The van der Waals surface area contributed by atoms with E-state index in [1.165, 1.54) is 14.0 Å². The topological polar surface area (TPSA) is 106 Å². The lowest BCUT2D eigenvalue weighted by molar-refractivity contribution is -0.137. The highest BCUT2D eigenvalue weighted by Crippen LogP contribution is 2.34. The Morgan fingerprint density at radius 3 is 2.77 bits per heavy atom. The summed E-state index contributed by atoms with van der Waals surface area (Å²) in [6.07, 6.45) is 0. The molecule has 0 bridgehead atoms. The fourth-order valence-electron chi connectivity index (χ4n) is 1.88. The number of aliphatic hydroxyl groups is 1. The highest BCUT2D eigenvalue weighted by molar-refractivity contribution is 6.39. The quantitative estimate of drug-likeness (QED) is 0.654. The van der Waals surface area contributed by atoms with Gasteiger partial charge in [-0.3, -0.25) is 9.59 Å². The van der Waals surface area contributed by atoms with E-state index < -0.39 is 17.4 Å². The second-order valence-corrected chi connectivity index (χ2v) is 5.13. The van der Waals surface area contributed by atoms with Crippen LogP contribution in [0.25, 0.3) is 0 Å². The van der Waals surface area contributed by atoms with Gasteiger partial charge in [-0.15, -0.1) is 0 Å². The van der Waals surface area contributed by atoms with Crippen LogP contribution in [0.15, 0.2) is 18.2 Å². The van der Waals surface area contributed by atoms with Crippen LogP contribution < -0.4 is 20.1 Å². The molecule has 1 aromatic rings. The van der Waals surface area contributed by atoms with Gasteiger partial charge in [-0.25, -0.2) is 0 Å². The van der Waals surface area contributed by atoms with E-state index in [2.05, 4.69) is 10.6 Å². The van der Waals surface area contributed by atoms with Crippen molar-refractivity contribution in [2.75, 3.05) is 32.4 Å². The van der Waals surface area contributed by atoms with Crippen molar-refractivity contribution in [3.8, 4) is 11.5 Å². The summed E-state index contributed by atoms with van der Waals surface area (Å²) in [6, 6.07) is 4.80. The zero-order valence-corrected chi connectivity index (χ0v) is 12.3. The summed E-state index contributed by atoms with van der Waals surface area (Å²) in [5.74, 6) is -0.611. The van der Waals surface area contributed by atoms with Crippen molar-refractivity contribution in [2.45, 2.75) is 12.5 Å². The molecule has 1 aliphatic rings. The summed E-state index contributed by atoms with van der Waals surface area (Å²) in [4.78, 5) is 23.5. The molecule has 120 valence electrons. The van der Waals surface area contributed by atoms with Crippen LogP contribution in [0, 0.1) is 0 Å². The Kier molecular flexibility index (Phi) is 4.84. The predicted octanol–water partition coefficient (Wildman–Crippen LogP) is -0.133. The number of anilines is 1. The number of fused-ring (bicyclic) bond motifs is 1. The second-order valence-electron chi connectivity index (χ2n) is 5.13. The van der Waals surface area contributed by atoms with E-state index in [9.17, 15) is 14.7 Å². The Balaban J connectivity index is 1.87. The predicted molar refractivity (Wildman–Crippen MR) is 76.7 cm³/mol. The normalized spacial score (nSPS) is 15.0. The minimum Gasteiger partial charge on any atom is -0.454 e. The summed E-state index contributed by atoms with van der Waals surface area (Å²) in [5, 5.41) is 14.6. The number of carbonyl (C=O) groups excluding carboxylic acids is 2. The van der Waals surface area contributed by atoms with Gasteiger partial charge in [0.15, 0.2) is 11.5 Å². The largest absolute Gasteiger partial charge is 0.454 e. The van der Waals surface area contributed by atoms with E-state index in [0.29, 0.717) is 17.2 Å². The monoisotopic (exact) mass is 310 g/mol. The van der Waals surface area contributed by atoms with Crippen molar-refractivity contribution < 1.29 is 28.9 Å². The van der Waals surface area contributed by atoms with Crippen LogP contribution in [0.5, 0.6) is 11.5 Å². The molecular formula is C14H18N2O6. The van der Waals surface area contributed by atoms with Gasteiger partial charge in [-0.1, -0.05) is 0 Å². The maximum atomic E-state index is 11.8. The van der Waals surface area contributed by atoms with Crippen molar-refractivity contribution in [1.29, 1.82) is 0 Å². The standard InChI is InChI=1S/C14H18N2O6/c1-14(19,7-20-2)6-15-12(17)13(18)16-9-3-4-10-11(5-9)22-8-21-10/h3-5,19H,6-8H2,1-2H3,(H,15,17)(H,16,18). The molecule has 0 aliphatic carbocycles. The van der Waals surface area contributed by atoms with E-state index in [-0.39, 0.29) is 19.9 Å². The fraction of sp³-hybridized carbons (Fsp3) is 0.429. The van der Waals surface area contributed by atoms with Crippen LogP contribution in [0.1, 0.15) is 6.92 Å². The molecule has 8 nitrogen and oxygen atoms in total. The highest BCUT2D eigenvalue weighted by atomic mass is 16.7. The average molecular weight is 310 g/mol. The number of hydrogen-bond donors (Lipinski definition) is 3. The Labute approximate surface area is 127 Å². The van der Waals surface area contributed by atoms with Gasteiger partial charge in [-0.2, -0.15) is 0 Å². The molecule has 1 aliphatic heterocycles. The number of rotatable bonds is 5. The highest BCUT2D eigenvalue weighted by Gasteiger charge is 2.23. The van der Waals surface area contributed by atoms with Crippen LogP contribution in [0.4, 0.5) is 5.69 Å². The second kappa shape index (κ2) is 6.63. The van der Waals surface area contributed by atoms with Gasteiger partial charge in [0.1, 0.15) is 5.60 Å². The summed E-state index contributed by atoms with van der Waals surface area (Å²) in [5.41, 5.74) is -0.836. The Morgan fingerprint density at radius 2 is 2.05 bits per heavy atom. The van der Waals surface area contributed by atoms with Gasteiger partial charge in [0.05, 0.1) is 6.61 Å². The van der Waals surface area contributed by atoms with Crippen molar-refractivity contribution in [3.05, 3.63) is 18.2 Å². The maximum Gasteiger partial charge on any atom is 0.313 e. The van der Waals surface area contributed by atoms with Gasteiger partial charge in [-0.05, 0) is 19.1 Å². The maximum absolute atomic E-state index is 11.8. The first-order valence-electron chi connectivity index (χ1n) is 6.61. The van der Waals surface area contributed by atoms with Crippen molar-refractivity contribution in [3.63, 3.8) is 0 Å². The molecule has 2 rings (SSSR count). The Morgan fingerprint density at radius 1 is 1.32 bits per heavy atom.